The van der Waals surface area contributed by atoms with Crippen LogP contribution in [0.2, 0.25) is 10.0 Å². The molecule has 0 saturated carbocycles. The number of hydrogen-bond acceptors (Lipinski definition) is 3. The lowest BCUT2D eigenvalue weighted by Gasteiger charge is -2.22. The summed E-state index contributed by atoms with van der Waals surface area (Å²) in [6.07, 6.45) is 8.86. The molecule has 0 amide bonds. The minimum absolute atomic E-state index is 0.0697. The minimum atomic E-state index is -0.0697. The van der Waals surface area contributed by atoms with Gasteiger partial charge in [-0.05, 0) is 96.5 Å². The van der Waals surface area contributed by atoms with Crippen LogP contribution in [-0.4, -0.2) is 14.2 Å². The maximum atomic E-state index is 6.86. The summed E-state index contributed by atoms with van der Waals surface area (Å²) in [7, 11) is 3.30. The fraction of sp³-hybridized carbons (Fsp3) is 0.222. The Kier molecular flexibility index (Phi) is 10.7. The first-order valence-electron chi connectivity index (χ1n) is 13.5. The Morgan fingerprint density at radius 3 is 1.39 bits per heavy atom. The predicted molar refractivity (Wildman–Crippen MR) is 179 cm³/mol. The molecule has 5 heteroatoms. The molecule has 0 saturated heterocycles. The van der Waals surface area contributed by atoms with Crippen molar-refractivity contribution in [1.82, 2.24) is 0 Å². The highest BCUT2D eigenvalue weighted by atomic mass is 35.5. The second-order valence-electron chi connectivity index (χ2n) is 10.0. The van der Waals surface area contributed by atoms with Crippen LogP contribution in [0.25, 0.3) is 12.2 Å². The van der Waals surface area contributed by atoms with Gasteiger partial charge >= 0.3 is 0 Å². The third-order valence-corrected chi connectivity index (χ3v) is 9.58. The Bertz CT molecular complexity index is 1460. The first kappa shape index (κ1) is 30.8. The zero-order valence-corrected chi connectivity index (χ0v) is 26.7. The van der Waals surface area contributed by atoms with Crippen molar-refractivity contribution in [2.24, 2.45) is 0 Å². The summed E-state index contributed by atoms with van der Waals surface area (Å²) < 4.78 is 10.9. The Hall–Kier alpha value is -3.11. The fourth-order valence-electron chi connectivity index (χ4n) is 4.62. The van der Waals surface area contributed by atoms with Crippen LogP contribution >= 0.6 is 35.0 Å². The van der Waals surface area contributed by atoms with Crippen molar-refractivity contribution in [3.05, 3.63) is 140 Å². The van der Waals surface area contributed by atoms with Crippen molar-refractivity contribution in [3.63, 3.8) is 0 Å². The zero-order valence-electron chi connectivity index (χ0n) is 24.4. The van der Waals surface area contributed by atoms with Gasteiger partial charge in [0.05, 0.1) is 24.7 Å². The van der Waals surface area contributed by atoms with E-state index >= 15 is 0 Å². The molecule has 0 aliphatic heterocycles. The van der Waals surface area contributed by atoms with Crippen LogP contribution in [0.5, 0.6) is 11.5 Å². The third kappa shape index (κ3) is 7.60. The molecular formula is C36H36Cl2O2S. The summed E-state index contributed by atoms with van der Waals surface area (Å²) >= 11 is 15.5. The quantitative estimate of drug-likeness (QED) is 0.180. The molecule has 4 aromatic rings. The normalized spacial score (nSPS) is 13.1. The second-order valence-corrected chi connectivity index (χ2v) is 12.2. The maximum absolute atomic E-state index is 6.86. The Morgan fingerprint density at radius 2 is 1.02 bits per heavy atom. The molecule has 4 aromatic carbocycles. The van der Waals surface area contributed by atoms with E-state index in [1.54, 1.807) is 26.0 Å². The van der Waals surface area contributed by atoms with E-state index in [9.17, 15) is 0 Å². The lowest BCUT2D eigenvalue weighted by atomic mass is 10.0. The van der Waals surface area contributed by atoms with Gasteiger partial charge in [0.1, 0.15) is 11.5 Å². The van der Waals surface area contributed by atoms with Crippen LogP contribution in [0.15, 0.2) is 84.9 Å². The van der Waals surface area contributed by atoms with Gasteiger partial charge in [-0.25, -0.2) is 0 Å². The first-order chi connectivity index (χ1) is 19.7. The van der Waals surface area contributed by atoms with E-state index in [1.165, 1.54) is 33.4 Å². The van der Waals surface area contributed by atoms with Crippen molar-refractivity contribution in [1.29, 1.82) is 0 Å². The van der Waals surface area contributed by atoms with Crippen LogP contribution in [0.1, 0.15) is 55.0 Å². The molecule has 0 N–H and O–H groups in total. The molecule has 4 rings (SSSR count). The van der Waals surface area contributed by atoms with Gasteiger partial charge in [-0.1, -0.05) is 96.0 Å². The molecule has 2 nitrogen and oxygen atoms in total. The molecule has 2 atom stereocenters. The molecule has 0 spiro atoms. The molecule has 0 aromatic heterocycles. The maximum Gasteiger partial charge on any atom is 0.120 e. The number of aryl methyl sites for hydroxylation is 2. The Morgan fingerprint density at radius 1 is 0.610 bits per heavy atom. The Balaban J connectivity index is 1.81. The average Bonchev–Trinajstić information content (AvgIpc) is 2.97. The van der Waals surface area contributed by atoms with Crippen LogP contribution < -0.4 is 9.47 Å². The van der Waals surface area contributed by atoms with Crippen molar-refractivity contribution in [2.45, 2.75) is 38.2 Å². The lowest BCUT2D eigenvalue weighted by Crippen LogP contribution is -2.00. The van der Waals surface area contributed by atoms with E-state index < -0.39 is 0 Å². The highest BCUT2D eigenvalue weighted by molar-refractivity contribution is 8.00. The number of benzene rings is 4. The summed E-state index contributed by atoms with van der Waals surface area (Å²) in [5.74, 6) is 1.45. The number of methoxy groups -OCH3 is 2. The highest BCUT2D eigenvalue weighted by Gasteiger charge is 2.22. The molecule has 0 aliphatic carbocycles. The van der Waals surface area contributed by atoms with Crippen LogP contribution in [-0.2, 0) is 0 Å². The molecule has 0 radical (unpaired) electrons. The second kappa shape index (κ2) is 14.2. The topological polar surface area (TPSA) is 18.5 Å². The average molecular weight is 604 g/mol. The first-order valence-corrected chi connectivity index (χ1v) is 15.2. The molecule has 212 valence electrons. The molecule has 2 unspecified atom stereocenters. The van der Waals surface area contributed by atoms with Crippen LogP contribution in [0, 0.1) is 27.7 Å². The smallest absolute Gasteiger partial charge is 0.120 e. The van der Waals surface area contributed by atoms with Crippen LogP contribution in [0.3, 0.4) is 0 Å². The van der Waals surface area contributed by atoms with E-state index in [-0.39, 0.29) is 10.5 Å². The van der Waals surface area contributed by atoms with Crippen molar-refractivity contribution in [3.8, 4) is 11.5 Å². The number of rotatable bonds is 10. The molecular weight excluding hydrogens is 567 g/mol. The van der Waals surface area contributed by atoms with Crippen molar-refractivity contribution in [2.75, 3.05) is 14.2 Å². The fourth-order valence-corrected chi connectivity index (χ4v) is 6.69. The minimum Gasteiger partial charge on any atom is -0.497 e. The van der Waals surface area contributed by atoms with Crippen molar-refractivity contribution < 1.29 is 9.47 Å². The number of thioether (sulfide) groups is 1. The third-order valence-electron chi connectivity index (χ3n) is 7.52. The van der Waals surface area contributed by atoms with E-state index in [2.05, 4.69) is 88.4 Å². The Labute approximate surface area is 259 Å². The van der Waals surface area contributed by atoms with E-state index in [4.69, 9.17) is 32.7 Å². The van der Waals surface area contributed by atoms with E-state index in [1.807, 2.05) is 36.4 Å². The summed E-state index contributed by atoms with van der Waals surface area (Å²) in [5.41, 5.74) is 9.44. The van der Waals surface area contributed by atoms with Gasteiger partial charge < -0.3 is 9.47 Å². The van der Waals surface area contributed by atoms with Crippen LogP contribution in [0.4, 0.5) is 0 Å². The summed E-state index contributed by atoms with van der Waals surface area (Å²) in [6, 6.07) is 24.5. The van der Waals surface area contributed by atoms with Gasteiger partial charge in [0, 0.05) is 10.0 Å². The van der Waals surface area contributed by atoms with Gasteiger partial charge in [-0.15, -0.1) is 11.8 Å². The van der Waals surface area contributed by atoms with Gasteiger partial charge in [0.25, 0.3) is 0 Å². The van der Waals surface area contributed by atoms with E-state index in [0.717, 1.165) is 22.6 Å². The van der Waals surface area contributed by atoms with Crippen molar-refractivity contribution >= 4 is 47.1 Å². The predicted octanol–water partition coefficient (Wildman–Crippen LogP) is 11.2. The summed E-state index contributed by atoms with van der Waals surface area (Å²) in [5, 5.41) is 1.18. The number of hydrogen-bond donors (Lipinski definition) is 0. The lowest BCUT2D eigenvalue weighted by molar-refractivity contribution is 0.414. The van der Waals surface area contributed by atoms with Gasteiger partial charge in [-0.2, -0.15) is 0 Å². The summed E-state index contributed by atoms with van der Waals surface area (Å²) in [6.45, 7) is 8.59. The monoisotopic (exact) mass is 602 g/mol. The van der Waals surface area contributed by atoms with Gasteiger partial charge in [-0.3, -0.25) is 0 Å². The molecule has 0 fully saturated rings. The van der Waals surface area contributed by atoms with Gasteiger partial charge in [0.2, 0.25) is 0 Å². The molecule has 41 heavy (non-hydrogen) atoms. The standard InChI is InChI=1S/C36H36Cl2O2S/c1-23-9-7-11-27(25(23)3)13-19-35(31-17-15-29(39-5)21-33(31)37)41-36(32-18-16-30(40-6)22-34(32)38)20-14-28-12-8-10-24(2)26(28)4/h7-22,35-36H,1-6H3/b19-13-,20-14?. The molecule has 0 aliphatic rings. The van der Waals surface area contributed by atoms with Gasteiger partial charge in [0.15, 0.2) is 0 Å². The largest absolute Gasteiger partial charge is 0.497 e. The number of halogens is 2. The number of ether oxygens (including phenoxy) is 2. The molecule has 0 bridgehead atoms. The SMILES string of the molecule is COc1ccc(C(C=Cc2cccc(C)c2C)SC(/C=C\c2cccc(C)c2C)c2ccc(OC)cc2Cl)c(Cl)c1. The molecule has 0 heterocycles. The van der Waals surface area contributed by atoms with E-state index in [0.29, 0.717) is 10.0 Å². The summed E-state index contributed by atoms with van der Waals surface area (Å²) in [4.78, 5) is 0. The zero-order chi connectivity index (χ0) is 29.5. The highest BCUT2D eigenvalue weighted by Crippen LogP contribution is 2.47.